The van der Waals surface area contributed by atoms with Crippen molar-refractivity contribution in [3.63, 3.8) is 0 Å². The van der Waals surface area contributed by atoms with Crippen molar-refractivity contribution in [2.24, 2.45) is 5.73 Å². The number of nitrogens with two attached hydrogens (primary N) is 1. The molecule has 0 aliphatic carbocycles. The molecule has 1 unspecified atom stereocenters. The van der Waals surface area contributed by atoms with Gasteiger partial charge < -0.3 is 5.73 Å². The van der Waals surface area contributed by atoms with Gasteiger partial charge in [-0.1, -0.05) is 26.0 Å². The Labute approximate surface area is 99.9 Å². The molecular weight excluding hydrogens is 223 g/mol. The van der Waals surface area contributed by atoms with Gasteiger partial charge in [0.2, 0.25) is 0 Å². The molecule has 3 N–H and O–H groups in total. The van der Waals surface area contributed by atoms with E-state index in [-0.39, 0.29) is 17.2 Å². The van der Waals surface area contributed by atoms with Crippen LogP contribution in [0.2, 0.25) is 0 Å². The largest absolute Gasteiger partial charge is 0.384 e. The maximum Gasteiger partial charge on any atom is 0.138 e. The quantitative estimate of drug-likeness (QED) is 0.613. The van der Waals surface area contributed by atoms with Crippen LogP contribution < -0.4 is 5.73 Å². The summed E-state index contributed by atoms with van der Waals surface area (Å²) in [6, 6.07) is 5.03. The molecule has 1 rings (SSSR count). The second kappa shape index (κ2) is 5.89. The average molecular weight is 240 g/mol. The minimum Gasteiger partial charge on any atom is -0.384 e. The first-order chi connectivity index (χ1) is 7.56. The molecule has 1 atom stereocenters. The minimum absolute atomic E-state index is 0.197. The van der Waals surface area contributed by atoms with Crippen molar-refractivity contribution in [3.8, 4) is 0 Å². The summed E-state index contributed by atoms with van der Waals surface area (Å²) in [5, 5.41) is 7.77. The predicted molar refractivity (Wildman–Crippen MR) is 68.5 cm³/mol. The van der Waals surface area contributed by atoms with Gasteiger partial charge >= 0.3 is 0 Å². The first-order valence-corrected chi connectivity index (χ1v) is 6.34. The highest BCUT2D eigenvalue weighted by molar-refractivity contribution is 7.99. The number of thioether (sulfide) groups is 1. The Morgan fingerprint density at radius 2 is 2.25 bits per heavy atom. The van der Waals surface area contributed by atoms with E-state index in [1.807, 2.05) is 0 Å². The monoisotopic (exact) mass is 240 g/mol. The molecule has 88 valence electrons. The van der Waals surface area contributed by atoms with Crippen molar-refractivity contribution in [1.82, 2.24) is 0 Å². The zero-order chi connectivity index (χ0) is 12.1. The lowest BCUT2D eigenvalue weighted by atomic mass is 10.1. The molecule has 0 aliphatic heterocycles. The van der Waals surface area contributed by atoms with Crippen LogP contribution in [0.25, 0.3) is 0 Å². The lowest BCUT2D eigenvalue weighted by molar-refractivity contribution is 0.614. The fourth-order valence-electron chi connectivity index (χ4n) is 1.25. The molecule has 0 spiro atoms. The third kappa shape index (κ3) is 3.23. The van der Waals surface area contributed by atoms with Crippen LogP contribution in [0.1, 0.15) is 31.4 Å². The molecule has 0 saturated carbocycles. The van der Waals surface area contributed by atoms with Crippen LogP contribution in [0, 0.1) is 11.2 Å². The van der Waals surface area contributed by atoms with Crippen LogP contribution in [0.5, 0.6) is 0 Å². The van der Waals surface area contributed by atoms with Gasteiger partial charge in [-0.2, -0.15) is 11.8 Å². The lowest BCUT2D eigenvalue weighted by Crippen LogP contribution is -2.14. The second-order valence-electron chi connectivity index (χ2n) is 3.72. The summed E-state index contributed by atoms with van der Waals surface area (Å²) in [4.78, 5) is 0. The Kier molecular flexibility index (Phi) is 4.80. The Morgan fingerprint density at radius 3 is 2.81 bits per heavy atom. The molecule has 16 heavy (non-hydrogen) atoms. The Balaban J connectivity index is 2.81. The summed E-state index contributed by atoms with van der Waals surface area (Å²) in [5.41, 5.74) is 6.12. The van der Waals surface area contributed by atoms with E-state index in [4.69, 9.17) is 11.1 Å². The highest BCUT2D eigenvalue weighted by Crippen LogP contribution is 2.22. The normalized spacial score (nSPS) is 12.4. The van der Waals surface area contributed by atoms with Crippen LogP contribution in [-0.4, -0.2) is 11.1 Å². The van der Waals surface area contributed by atoms with Crippen LogP contribution in [0.3, 0.4) is 0 Å². The maximum absolute atomic E-state index is 13.8. The van der Waals surface area contributed by atoms with Gasteiger partial charge in [-0.05, 0) is 18.1 Å². The lowest BCUT2D eigenvalue weighted by Gasteiger charge is -2.10. The number of nitrogens with one attached hydrogen (secondary N) is 1. The van der Waals surface area contributed by atoms with Gasteiger partial charge in [0.15, 0.2) is 0 Å². The van der Waals surface area contributed by atoms with E-state index in [0.717, 1.165) is 6.42 Å². The number of amidine groups is 1. The number of hydrogen-bond acceptors (Lipinski definition) is 2. The summed E-state index contributed by atoms with van der Waals surface area (Å²) in [6.45, 7) is 4.23. The van der Waals surface area contributed by atoms with Gasteiger partial charge in [-0.15, -0.1) is 0 Å². The molecule has 0 radical (unpaired) electrons. The van der Waals surface area contributed by atoms with E-state index in [2.05, 4.69) is 13.8 Å². The highest BCUT2D eigenvalue weighted by Gasteiger charge is 2.10. The number of hydrogen-bond donors (Lipinski definition) is 2. The topological polar surface area (TPSA) is 49.9 Å². The number of rotatable bonds is 5. The second-order valence-corrected chi connectivity index (χ2v) is 5.15. The molecule has 1 aromatic carbocycles. The van der Waals surface area contributed by atoms with E-state index in [1.54, 1.807) is 23.9 Å². The molecule has 1 aromatic rings. The molecular formula is C12H17FN2S. The van der Waals surface area contributed by atoms with Gasteiger partial charge in [0, 0.05) is 11.0 Å². The number of halogens is 1. The van der Waals surface area contributed by atoms with Gasteiger partial charge in [0.25, 0.3) is 0 Å². The van der Waals surface area contributed by atoms with Crippen molar-refractivity contribution < 1.29 is 4.39 Å². The summed E-state index contributed by atoms with van der Waals surface area (Å²) in [6.07, 6.45) is 1.07. The van der Waals surface area contributed by atoms with Gasteiger partial charge in [0.1, 0.15) is 11.7 Å². The fourth-order valence-corrected chi connectivity index (χ4v) is 2.17. The minimum atomic E-state index is -0.356. The molecule has 0 bridgehead atoms. The number of benzene rings is 1. The molecule has 0 saturated heterocycles. The maximum atomic E-state index is 13.8. The molecule has 2 nitrogen and oxygen atoms in total. The molecule has 4 heteroatoms. The Hall–Kier alpha value is -1.03. The first-order valence-electron chi connectivity index (χ1n) is 5.29. The van der Waals surface area contributed by atoms with Gasteiger partial charge in [-0.3, -0.25) is 5.41 Å². The Morgan fingerprint density at radius 1 is 1.56 bits per heavy atom. The predicted octanol–water partition coefficient (Wildman–Crippen LogP) is 3.14. The fraction of sp³-hybridized carbons (Fsp3) is 0.417. The molecule has 0 fully saturated rings. The molecule has 0 aromatic heterocycles. The smallest absolute Gasteiger partial charge is 0.138 e. The van der Waals surface area contributed by atoms with Gasteiger partial charge in [0.05, 0.1) is 5.56 Å². The van der Waals surface area contributed by atoms with E-state index in [0.29, 0.717) is 16.6 Å². The van der Waals surface area contributed by atoms with Gasteiger partial charge in [-0.25, -0.2) is 4.39 Å². The van der Waals surface area contributed by atoms with Crippen molar-refractivity contribution >= 4 is 17.6 Å². The van der Waals surface area contributed by atoms with E-state index < -0.39 is 0 Å². The molecule has 0 amide bonds. The summed E-state index contributed by atoms with van der Waals surface area (Å²) < 4.78 is 13.8. The van der Waals surface area contributed by atoms with E-state index in [9.17, 15) is 4.39 Å². The first kappa shape index (κ1) is 13.0. The molecule has 0 heterocycles. The third-order valence-electron chi connectivity index (χ3n) is 2.47. The zero-order valence-corrected chi connectivity index (χ0v) is 10.4. The van der Waals surface area contributed by atoms with Crippen molar-refractivity contribution in [2.75, 3.05) is 0 Å². The van der Waals surface area contributed by atoms with E-state index in [1.165, 1.54) is 6.07 Å². The van der Waals surface area contributed by atoms with Crippen LogP contribution in [0.4, 0.5) is 4.39 Å². The summed E-state index contributed by atoms with van der Waals surface area (Å²) >= 11 is 1.71. The van der Waals surface area contributed by atoms with Crippen LogP contribution in [-0.2, 0) is 5.75 Å². The third-order valence-corrected chi connectivity index (χ3v) is 3.85. The van der Waals surface area contributed by atoms with Crippen molar-refractivity contribution in [2.45, 2.75) is 31.3 Å². The number of nitrogen functional groups attached to an aromatic ring is 1. The van der Waals surface area contributed by atoms with Crippen LogP contribution >= 0.6 is 11.8 Å². The standard InChI is InChI=1S/C12H17FN2S/c1-3-8(2)16-7-9-5-4-6-10(11(9)13)12(14)15/h4-6,8H,3,7H2,1-2H3,(H3,14,15). The zero-order valence-electron chi connectivity index (χ0n) is 9.59. The van der Waals surface area contributed by atoms with Crippen molar-refractivity contribution in [3.05, 3.63) is 35.1 Å². The van der Waals surface area contributed by atoms with E-state index >= 15 is 0 Å². The van der Waals surface area contributed by atoms with Crippen LogP contribution in [0.15, 0.2) is 18.2 Å². The SMILES string of the molecule is CCC(C)SCc1cccc(C(=N)N)c1F. The summed E-state index contributed by atoms with van der Waals surface area (Å²) in [7, 11) is 0. The summed E-state index contributed by atoms with van der Waals surface area (Å²) in [5.74, 6) is 0.0563. The average Bonchev–Trinajstić information content (AvgIpc) is 2.26. The van der Waals surface area contributed by atoms with Crippen molar-refractivity contribution in [1.29, 1.82) is 5.41 Å². The highest BCUT2D eigenvalue weighted by atomic mass is 32.2. The Bertz CT molecular complexity index is 379. The molecule has 0 aliphatic rings.